The predicted octanol–water partition coefficient (Wildman–Crippen LogP) is 3.09. The fourth-order valence-corrected chi connectivity index (χ4v) is 2.90. The number of carbonyl (C=O) groups excluding carboxylic acids is 1. The van der Waals surface area contributed by atoms with Gasteiger partial charge in [0.2, 0.25) is 0 Å². The average Bonchev–Trinajstić information content (AvgIpc) is 2.60. The van der Waals surface area contributed by atoms with Crippen molar-refractivity contribution in [2.24, 2.45) is 7.05 Å². The number of aryl methyl sites for hydroxylation is 1. The quantitative estimate of drug-likeness (QED) is 0.782. The van der Waals surface area contributed by atoms with Crippen LogP contribution < -0.4 is 0 Å². The second-order valence-electron chi connectivity index (χ2n) is 5.81. The summed E-state index contributed by atoms with van der Waals surface area (Å²) in [7, 11) is 2.03. The maximum absolute atomic E-state index is 12.4. The van der Waals surface area contributed by atoms with Crippen LogP contribution in [0.1, 0.15) is 53.8 Å². The largest absolute Gasteiger partial charge is 0.351 e. The lowest BCUT2D eigenvalue weighted by atomic mass is 10.1. The van der Waals surface area contributed by atoms with E-state index in [1.165, 1.54) is 32.1 Å². The van der Waals surface area contributed by atoms with Crippen molar-refractivity contribution in [1.29, 1.82) is 0 Å². The number of Topliss-reactive ketones (excluding diaryl/α,β-unsaturated/α-hetero) is 1. The van der Waals surface area contributed by atoms with Crippen molar-refractivity contribution in [3.63, 3.8) is 0 Å². The summed E-state index contributed by atoms with van der Waals surface area (Å²) in [6.07, 6.45) is 6.46. The third-order valence-electron chi connectivity index (χ3n) is 4.39. The van der Waals surface area contributed by atoms with Gasteiger partial charge in [-0.1, -0.05) is 19.3 Å². The molecule has 3 heteroatoms. The van der Waals surface area contributed by atoms with Gasteiger partial charge in [-0.2, -0.15) is 0 Å². The summed E-state index contributed by atoms with van der Waals surface area (Å²) in [5.74, 6) is 0.279. The maximum Gasteiger partial charge on any atom is 0.178 e. The van der Waals surface area contributed by atoms with Gasteiger partial charge in [-0.15, -0.1) is 0 Å². The molecule has 19 heavy (non-hydrogen) atoms. The van der Waals surface area contributed by atoms with Crippen molar-refractivity contribution >= 4 is 5.78 Å². The summed E-state index contributed by atoms with van der Waals surface area (Å²) < 4.78 is 2.10. The molecule has 1 fully saturated rings. The molecule has 0 aliphatic carbocycles. The van der Waals surface area contributed by atoms with Gasteiger partial charge in [-0.25, -0.2) is 0 Å². The molecule has 1 aromatic heterocycles. The molecule has 0 amide bonds. The van der Waals surface area contributed by atoms with Gasteiger partial charge in [0.05, 0.1) is 6.54 Å². The van der Waals surface area contributed by atoms with Crippen molar-refractivity contribution in [2.45, 2.75) is 46.0 Å². The summed E-state index contributed by atoms with van der Waals surface area (Å²) >= 11 is 0. The third kappa shape index (κ3) is 3.47. The molecule has 0 atom stereocenters. The van der Waals surface area contributed by atoms with Crippen LogP contribution >= 0.6 is 0 Å². The highest BCUT2D eigenvalue weighted by Gasteiger charge is 2.17. The van der Waals surface area contributed by atoms with Crippen LogP contribution in [-0.2, 0) is 7.05 Å². The Balaban J connectivity index is 2.01. The Kier molecular flexibility index (Phi) is 4.81. The number of nitrogens with zero attached hydrogens (tertiary/aromatic N) is 2. The zero-order valence-corrected chi connectivity index (χ0v) is 12.5. The zero-order valence-electron chi connectivity index (χ0n) is 12.5. The first-order valence-corrected chi connectivity index (χ1v) is 7.48. The van der Waals surface area contributed by atoms with E-state index in [4.69, 9.17) is 0 Å². The topological polar surface area (TPSA) is 25.2 Å². The van der Waals surface area contributed by atoms with Gasteiger partial charge in [-0.3, -0.25) is 9.69 Å². The standard InChI is InChI=1S/C16H26N2O/c1-13-11-15(14(2)17(13)3)16(19)12-18-9-7-5-4-6-8-10-18/h11H,4-10,12H2,1-3H3. The molecular formula is C16H26N2O. The van der Waals surface area contributed by atoms with Crippen LogP contribution in [-0.4, -0.2) is 34.9 Å². The molecule has 3 nitrogen and oxygen atoms in total. The van der Waals surface area contributed by atoms with Crippen LogP contribution in [0, 0.1) is 13.8 Å². The van der Waals surface area contributed by atoms with E-state index in [-0.39, 0.29) is 5.78 Å². The lowest BCUT2D eigenvalue weighted by Gasteiger charge is -2.23. The Hall–Kier alpha value is -1.09. The van der Waals surface area contributed by atoms with E-state index in [1.807, 2.05) is 20.0 Å². The molecule has 106 valence electrons. The molecule has 0 spiro atoms. The molecular weight excluding hydrogens is 236 g/mol. The summed E-state index contributed by atoms with van der Waals surface area (Å²) in [4.78, 5) is 14.8. The summed E-state index contributed by atoms with van der Waals surface area (Å²) in [5.41, 5.74) is 3.16. The van der Waals surface area contributed by atoms with Gasteiger partial charge >= 0.3 is 0 Å². The van der Waals surface area contributed by atoms with E-state index in [9.17, 15) is 4.79 Å². The average molecular weight is 262 g/mol. The van der Waals surface area contributed by atoms with Crippen molar-refractivity contribution in [3.8, 4) is 0 Å². The molecule has 1 aliphatic heterocycles. The molecule has 1 saturated heterocycles. The van der Waals surface area contributed by atoms with E-state index in [2.05, 4.69) is 16.4 Å². The van der Waals surface area contributed by atoms with E-state index in [0.717, 1.165) is 30.0 Å². The molecule has 2 heterocycles. The Bertz CT molecular complexity index is 440. The fourth-order valence-electron chi connectivity index (χ4n) is 2.90. The monoisotopic (exact) mass is 262 g/mol. The van der Waals surface area contributed by atoms with Crippen LogP contribution in [0.5, 0.6) is 0 Å². The number of hydrogen-bond donors (Lipinski definition) is 0. The number of carbonyl (C=O) groups is 1. The summed E-state index contributed by atoms with van der Waals surface area (Å²) in [5, 5.41) is 0. The Morgan fingerprint density at radius 2 is 1.68 bits per heavy atom. The zero-order chi connectivity index (χ0) is 13.8. The minimum atomic E-state index is 0.279. The van der Waals surface area contributed by atoms with E-state index >= 15 is 0 Å². The van der Waals surface area contributed by atoms with Crippen molar-refractivity contribution in [2.75, 3.05) is 19.6 Å². The molecule has 0 bridgehead atoms. The molecule has 1 aromatic rings. The van der Waals surface area contributed by atoms with E-state index in [0.29, 0.717) is 6.54 Å². The Morgan fingerprint density at radius 3 is 2.21 bits per heavy atom. The number of aromatic nitrogens is 1. The van der Waals surface area contributed by atoms with Crippen LogP contribution in [0.15, 0.2) is 6.07 Å². The molecule has 2 rings (SSSR count). The Labute approximate surface area is 116 Å². The first-order valence-electron chi connectivity index (χ1n) is 7.48. The minimum Gasteiger partial charge on any atom is -0.351 e. The van der Waals surface area contributed by atoms with E-state index in [1.54, 1.807) is 0 Å². The minimum absolute atomic E-state index is 0.279. The highest BCUT2D eigenvalue weighted by Crippen LogP contribution is 2.16. The fraction of sp³-hybridized carbons (Fsp3) is 0.688. The lowest BCUT2D eigenvalue weighted by Crippen LogP contribution is -2.32. The molecule has 0 aromatic carbocycles. The van der Waals surface area contributed by atoms with Gasteiger partial charge < -0.3 is 4.57 Å². The van der Waals surface area contributed by atoms with Gasteiger partial charge in [0.25, 0.3) is 0 Å². The van der Waals surface area contributed by atoms with Gasteiger partial charge in [0, 0.05) is 24.0 Å². The maximum atomic E-state index is 12.4. The van der Waals surface area contributed by atoms with Crippen LogP contribution in [0.4, 0.5) is 0 Å². The normalized spacial score (nSPS) is 18.1. The summed E-state index contributed by atoms with van der Waals surface area (Å²) in [6, 6.07) is 2.03. The molecule has 1 aliphatic rings. The lowest BCUT2D eigenvalue weighted by molar-refractivity contribution is 0.0923. The Morgan fingerprint density at radius 1 is 1.11 bits per heavy atom. The summed E-state index contributed by atoms with van der Waals surface area (Å²) in [6.45, 7) is 6.84. The van der Waals surface area contributed by atoms with E-state index < -0.39 is 0 Å². The van der Waals surface area contributed by atoms with Gasteiger partial charge in [0.15, 0.2) is 5.78 Å². The van der Waals surface area contributed by atoms with Gasteiger partial charge in [0.1, 0.15) is 0 Å². The first-order chi connectivity index (χ1) is 9.09. The highest BCUT2D eigenvalue weighted by molar-refractivity contribution is 5.99. The second kappa shape index (κ2) is 6.38. The molecule has 0 radical (unpaired) electrons. The second-order valence-corrected chi connectivity index (χ2v) is 5.81. The predicted molar refractivity (Wildman–Crippen MR) is 78.7 cm³/mol. The third-order valence-corrected chi connectivity index (χ3v) is 4.39. The van der Waals surface area contributed by atoms with Crippen molar-refractivity contribution in [3.05, 3.63) is 23.0 Å². The SMILES string of the molecule is Cc1cc(C(=O)CN2CCCCCCC2)c(C)n1C. The van der Waals surface area contributed by atoms with Crippen LogP contribution in [0.3, 0.4) is 0 Å². The van der Waals surface area contributed by atoms with Crippen LogP contribution in [0.25, 0.3) is 0 Å². The first kappa shape index (κ1) is 14.3. The molecule has 0 N–H and O–H groups in total. The number of likely N-dealkylation sites (tertiary alicyclic amines) is 1. The molecule has 0 unspecified atom stereocenters. The highest BCUT2D eigenvalue weighted by atomic mass is 16.1. The smallest absolute Gasteiger partial charge is 0.178 e. The number of rotatable bonds is 3. The molecule has 0 saturated carbocycles. The van der Waals surface area contributed by atoms with Crippen molar-refractivity contribution in [1.82, 2.24) is 9.47 Å². The van der Waals surface area contributed by atoms with Gasteiger partial charge in [-0.05, 0) is 45.8 Å². The number of hydrogen-bond acceptors (Lipinski definition) is 2. The van der Waals surface area contributed by atoms with Crippen molar-refractivity contribution < 1.29 is 4.79 Å². The number of ketones is 1. The van der Waals surface area contributed by atoms with Crippen LogP contribution in [0.2, 0.25) is 0 Å².